The van der Waals surface area contributed by atoms with Gasteiger partial charge >= 0.3 is 17.9 Å². The average molecular weight is 499 g/mol. The van der Waals surface area contributed by atoms with Gasteiger partial charge in [-0.2, -0.15) is 0 Å². The van der Waals surface area contributed by atoms with Crippen molar-refractivity contribution in [1.82, 2.24) is 10.1 Å². The van der Waals surface area contributed by atoms with Crippen molar-refractivity contribution in [3.05, 3.63) is 0 Å². The van der Waals surface area contributed by atoms with Crippen LogP contribution in [0.5, 0.6) is 0 Å². The number of Topliss-reactive ketones (excluding diaryl/α,β-unsaturated/α-hetero) is 2. The van der Waals surface area contributed by atoms with Crippen LogP contribution in [-0.4, -0.2) is 77.6 Å². The molecule has 2 heterocycles. The quantitative estimate of drug-likeness (QED) is 0.530. The van der Waals surface area contributed by atoms with E-state index in [1.165, 1.54) is 10.1 Å². The lowest BCUT2D eigenvalue weighted by Gasteiger charge is -2.49. The minimum atomic E-state index is -2.78. The molecule has 2 rings (SSSR count). The minimum Gasteiger partial charge on any atom is -0.479 e. The Morgan fingerprint density at radius 2 is 0.971 bits per heavy atom. The maximum absolute atomic E-state index is 12.7. The molecule has 0 aliphatic carbocycles. The van der Waals surface area contributed by atoms with E-state index in [-0.39, 0.29) is 37.2 Å². The molecule has 2 fully saturated rings. The molecular formula is C24H38N2O9. The first kappa shape index (κ1) is 28.9. The van der Waals surface area contributed by atoms with Gasteiger partial charge in [0, 0.05) is 25.7 Å². The fourth-order valence-corrected chi connectivity index (χ4v) is 5.43. The van der Waals surface area contributed by atoms with Gasteiger partial charge in [-0.15, -0.1) is 10.1 Å². The molecule has 198 valence electrons. The lowest BCUT2D eigenvalue weighted by atomic mass is 9.81. The van der Waals surface area contributed by atoms with Gasteiger partial charge < -0.3 is 19.9 Å². The molecule has 0 spiro atoms. The zero-order chi connectivity index (χ0) is 27.2. The van der Waals surface area contributed by atoms with Gasteiger partial charge in [-0.05, 0) is 55.4 Å². The molecule has 2 aliphatic rings. The number of carboxylic acids is 1. The summed E-state index contributed by atoms with van der Waals surface area (Å²) in [5.74, 6) is -3.92. The molecule has 0 radical (unpaired) electrons. The van der Waals surface area contributed by atoms with Crippen LogP contribution in [0.15, 0.2) is 0 Å². The number of rotatable bonds is 7. The summed E-state index contributed by atoms with van der Waals surface area (Å²) in [4.78, 5) is 72.4. The summed E-state index contributed by atoms with van der Waals surface area (Å²) in [7, 11) is 0. The van der Waals surface area contributed by atoms with Crippen LogP contribution in [-0.2, 0) is 33.6 Å². The van der Waals surface area contributed by atoms with Crippen LogP contribution >= 0.6 is 0 Å². The van der Waals surface area contributed by atoms with Gasteiger partial charge in [0.2, 0.25) is 0 Å². The Labute approximate surface area is 205 Å². The van der Waals surface area contributed by atoms with Crippen molar-refractivity contribution < 1.29 is 43.9 Å². The smallest absolute Gasteiger partial charge is 0.336 e. The van der Waals surface area contributed by atoms with Crippen molar-refractivity contribution in [2.45, 2.75) is 122 Å². The Kier molecular flexibility index (Phi) is 7.63. The average Bonchev–Trinajstić information content (AvgIpc) is 2.59. The monoisotopic (exact) mass is 498 g/mol. The number of ketones is 2. The van der Waals surface area contributed by atoms with Crippen molar-refractivity contribution in [3.63, 3.8) is 0 Å². The van der Waals surface area contributed by atoms with Crippen molar-refractivity contribution in [2.24, 2.45) is 0 Å². The van der Waals surface area contributed by atoms with Crippen LogP contribution in [0.25, 0.3) is 0 Å². The van der Waals surface area contributed by atoms with E-state index in [1.807, 2.05) is 0 Å². The number of aliphatic carboxylic acids is 1. The Balaban J connectivity index is 2.15. The SMILES string of the molecule is CC1(C)CC(=O)CC(C)(C)N1OC(=O)CC(O)(CC(=O)ON1C(C)(C)CC(=O)CC1(C)C)C(=O)O. The highest BCUT2D eigenvalue weighted by Gasteiger charge is 2.51. The Hall–Kier alpha value is -2.37. The van der Waals surface area contributed by atoms with Crippen LogP contribution in [0.2, 0.25) is 0 Å². The number of carbonyl (C=O) groups is 5. The predicted molar refractivity (Wildman–Crippen MR) is 122 cm³/mol. The minimum absolute atomic E-state index is 0.00217. The molecule has 0 aromatic carbocycles. The number of piperidine rings is 2. The molecule has 0 bridgehead atoms. The van der Waals surface area contributed by atoms with Crippen LogP contribution in [0.4, 0.5) is 0 Å². The molecule has 0 aromatic rings. The second kappa shape index (κ2) is 9.25. The number of nitrogens with zero attached hydrogens (tertiary/aromatic N) is 2. The number of aliphatic hydroxyl groups is 1. The molecule has 0 saturated carbocycles. The Morgan fingerprint density at radius 1 is 0.714 bits per heavy atom. The molecule has 2 N–H and O–H groups in total. The highest BCUT2D eigenvalue weighted by atomic mass is 16.7. The molecule has 35 heavy (non-hydrogen) atoms. The van der Waals surface area contributed by atoms with E-state index >= 15 is 0 Å². The maximum atomic E-state index is 12.7. The van der Waals surface area contributed by atoms with Crippen molar-refractivity contribution in [1.29, 1.82) is 0 Å². The summed E-state index contributed by atoms with van der Waals surface area (Å²) in [5.41, 5.74) is -6.18. The van der Waals surface area contributed by atoms with Crippen molar-refractivity contribution in [3.8, 4) is 0 Å². The van der Waals surface area contributed by atoms with Gasteiger partial charge in [0.25, 0.3) is 0 Å². The van der Waals surface area contributed by atoms with E-state index in [2.05, 4.69) is 0 Å². The van der Waals surface area contributed by atoms with Gasteiger partial charge in [0.15, 0.2) is 5.60 Å². The third-order valence-electron chi connectivity index (χ3n) is 6.38. The van der Waals surface area contributed by atoms with E-state index in [9.17, 15) is 34.2 Å². The molecule has 0 unspecified atom stereocenters. The summed E-state index contributed by atoms with van der Waals surface area (Å²) < 4.78 is 0. The second-order valence-corrected chi connectivity index (χ2v) is 12.2. The predicted octanol–water partition coefficient (Wildman–Crippen LogP) is 1.94. The van der Waals surface area contributed by atoms with E-state index in [1.54, 1.807) is 55.4 Å². The number of carboxylic acid groups (broad SMARTS) is 1. The lowest BCUT2D eigenvalue weighted by molar-refractivity contribution is -0.267. The molecule has 0 atom stereocenters. The van der Waals surface area contributed by atoms with Crippen molar-refractivity contribution in [2.75, 3.05) is 0 Å². The lowest BCUT2D eigenvalue weighted by Crippen LogP contribution is -2.62. The first-order chi connectivity index (χ1) is 15.6. The standard InChI is InChI=1S/C24H38N2O9/c1-20(2)9-15(27)10-21(3,4)25(20)34-17(29)13-24(33,19(31)32)14-18(30)35-26-22(5,6)11-16(28)12-23(26,7)8/h33H,9-14H2,1-8H3,(H,31,32). The maximum Gasteiger partial charge on any atom is 0.336 e. The second-order valence-electron chi connectivity index (χ2n) is 12.2. The topological polar surface area (TPSA) is 151 Å². The fourth-order valence-electron chi connectivity index (χ4n) is 5.43. The molecule has 2 aliphatic heterocycles. The van der Waals surface area contributed by atoms with E-state index in [0.29, 0.717) is 0 Å². The first-order valence-electron chi connectivity index (χ1n) is 11.6. The summed E-state index contributed by atoms with van der Waals surface area (Å²) in [6.45, 7) is 13.7. The third kappa shape index (κ3) is 6.45. The summed E-state index contributed by atoms with van der Waals surface area (Å²) >= 11 is 0. The molecule has 2 saturated heterocycles. The zero-order valence-corrected chi connectivity index (χ0v) is 21.9. The number of hydroxylamine groups is 4. The molecule has 0 aromatic heterocycles. The first-order valence-corrected chi connectivity index (χ1v) is 11.6. The van der Waals surface area contributed by atoms with Gasteiger partial charge in [-0.3, -0.25) is 19.2 Å². The largest absolute Gasteiger partial charge is 0.479 e. The molecule has 11 nitrogen and oxygen atoms in total. The Morgan fingerprint density at radius 3 is 1.20 bits per heavy atom. The molecular weight excluding hydrogens is 460 g/mol. The van der Waals surface area contributed by atoms with Gasteiger partial charge in [-0.25, -0.2) is 4.79 Å². The number of carbonyl (C=O) groups excluding carboxylic acids is 4. The number of hydrogen-bond acceptors (Lipinski definition) is 10. The van der Waals surface area contributed by atoms with Crippen molar-refractivity contribution >= 4 is 29.5 Å². The van der Waals surface area contributed by atoms with E-state index in [0.717, 1.165) is 0 Å². The normalized spacial score (nSPS) is 24.0. The summed E-state index contributed by atoms with van der Waals surface area (Å²) in [6, 6.07) is 0. The Bertz CT molecular complexity index is 816. The fraction of sp³-hybridized carbons (Fsp3) is 0.792. The van der Waals surface area contributed by atoms with Gasteiger partial charge in [0.05, 0.1) is 35.0 Å². The highest BCUT2D eigenvalue weighted by Crippen LogP contribution is 2.38. The van der Waals surface area contributed by atoms with Crippen LogP contribution < -0.4 is 0 Å². The van der Waals surface area contributed by atoms with E-state index in [4.69, 9.17) is 9.68 Å². The highest BCUT2D eigenvalue weighted by molar-refractivity contribution is 5.89. The zero-order valence-electron chi connectivity index (χ0n) is 21.9. The summed E-state index contributed by atoms with van der Waals surface area (Å²) in [6.07, 6.45) is -1.52. The number of hydrogen-bond donors (Lipinski definition) is 2. The van der Waals surface area contributed by atoms with E-state index < -0.39 is 58.5 Å². The van der Waals surface area contributed by atoms with Crippen LogP contribution in [0.3, 0.4) is 0 Å². The molecule has 11 heteroatoms. The summed E-state index contributed by atoms with van der Waals surface area (Å²) in [5, 5.41) is 23.1. The van der Waals surface area contributed by atoms with Gasteiger partial charge in [-0.1, -0.05) is 0 Å². The van der Waals surface area contributed by atoms with Crippen LogP contribution in [0, 0.1) is 0 Å². The van der Waals surface area contributed by atoms with Crippen LogP contribution in [0.1, 0.15) is 93.9 Å². The molecule has 0 amide bonds. The third-order valence-corrected chi connectivity index (χ3v) is 6.38. The van der Waals surface area contributed by atoms with Gasteiger partial charge in [0.1, 0.15) is 11.6 Å².